The molecule has 1 amide bonds. The van der Waals surface area contributed by atoms with Gasteiger partial charge in [-0.2, -0.15) is 0 Å². The minimum absolute atomic E-state index is 0.203. The maximum absolute atomic E-state index is 12.4. The largest absolute Gasteiger partial charge is 0.383 e. The Kier molecular flexibility index (Phi) is 4.35. The number of carbonyl (C=O) groups is 1. The van der Waals surface area contributed by atoms with Crippen LogP contribution in [0.2, 0.25) is 0 Å². The molecule has 22 heavy (non-hydrogen) atoms. The van der Waals surface area contributed by atoms with E-state index in [4.69, 9.17) is 0 Å². The Morgan fingerprint density at radius 1 is 1.05 bits per heavy atom. The van der Waals surface area contributed by atoms with Gasteiger partial charge in [0.05, 0.1) is 0 Å². The van der Waals surface area contributed by atoms with Gasteiger partial charge in [0.2, 0.25) is 0 Å². The van der Waals surface area contributed by atoms with E-state index in [1.807, 2.05) is 60.7 Å². The van der Waals surface area contributed by atoms with Gasteiger partial charge < -0.3 is 10.0 Å². The molecule has 0 saturated heterocycles. The van der Waals surface area contributed by atoms with Crippen molar-refractivity contribution in [1.82, 2.24) is 4.90 Å². The molecule has 0 saturated carbocycles. The standard InChI is InChI=1S/C19H19NO2/c21-18(13-15-7-3-1-4-8-15)19(22)20-12-11-17(14-20)16-9-5-2-6-10-16/h1-11,18,21H,12-14H2/t18-/m0/s1. The molecule has 0 radical (unpaired) electrons. The van der Waals surface area contributed by atoms with E-state index in [1.54, 1.807) is 4.90 Å². The Morgan fingerprint density at radius 2 is 1.68 bits per heavy atom. The topological polar surface area (TPSA) is 40.5 Å². The SMILES string of the molecule is O=C([C@@H](O)Cc1ccccc1)N1CC=C(c2ccccc2)C1. The molecule has 1 N–H and O–H groups in total. The van der Waals surface area contributed by atoms with Gasteiger partial charge >= 0.3 is 0 Å². The number of carbonyl (C=O) groups excluding carboxylic acids is 1. The van der Waals surface area contributed by atoms with Gasteiger partial charge in [-0.3, -0.25) is 4.79 Å². The minimum atomic E-state index is -0.981. The number of aliphatic hydroxyl groups is 1. The van der Waals surface area contributed by atoms with Crippen LogP contribution in [0.1, 0.15) is 11.1 Å². The third-order valence-corrected chi connectivity index (χ3v) is 3.93. The maximum atomic E-state index is 12.4. The molecule has 1 aliphatic rings. The van der Waals surface area contributed by atoms with E-state index in [9.17, 15) is 9.90 Å². The van der Waals surface area contributed by atoms with E-state index in [0.29, 0.717) is 19.5 Å². The molecule has 0 fully saturated rings. The van der Waals surface area contributed by atoms with Crippen molar-refractivity contribution in [1.29, 1.82) is 0 Å². The number of hydrogen-bond acceptors (Lipinski definition) is 2. The fourth-order valence-corrected chi connectivity index (χ4v) is 2.72. The minimum Gasteiger partial charge on any atom is -0.383 e. The predicted molar refractivity (Wildman–Crippen MR) is 87.2 cm³/mol. The van der Waals surface area contributed by atoms with Gasteiger partial charge in [0.1, 0.15) is 6.10 Å². The van der Waals surface area contributed by atoms with E-state index >= 15 is 0 Å². The van der Waals surface area contributed by atoms with Gasteiger partial charge in [-0.25, -0.2) is 0 Å². The van der Waals surface area contributed by atoms with Gasteiger partial charge in [0, 0.05) is 19.5 Å². The van der Waals surface area contributed by atoms with Crippen LogP contribution in [0.15, 0.2) is 66.7 Å². The maximum Gasteiger partial charge on any atom is 0.252 e. The molecule has 0 unspecified atom stereocenters. The number of benzene rings is 2. The van der Waals surface area contributed by atoms with Gasteiger partial charge in [-0.05, 0) is 16.7 Å². The Balaban J connectivity index is 1.60. The van der Waals surface area contributed by atoms with Crippen LogP contribution in [0.25, 0.3) is 5.57 Å². The average molecular weight is 293 g/mol. The zero-order valence-electron chi connectivity index (χ0n) is 12.4. The van der Waals surface area contributed by atoms with Crippen molar-refractivity contribution in [2.75, 3.05) is 13.1 Å². The Hall–Kier alpha value is -2.39. The van der Waals surface area contributed by atoms with Crippen LogP contribution in [0, 0.1) is 0 Å². The van der Waals surface area contributed by atoms with Crippen LogP contribution >= 0.6 is 0 Å². The highest BCUT2D eigenvalue weighted by atomic mass is 16.3. The summed E-state index contributed by atoms with van der Waals surface area (Å²) in [5, 5.41) is 10.2. The molecule has 1 atom stereocenters. The van der Waals surface area contributed by atoms with E-state index in [2.05, 4.69) is 6.08 Å². The monoisotopic (exact) mass is 293 g/mol. The van der Waals surface area contributed by atoms with E-state index in [-0.39, 0.29) is 5.91 Å². The second kappa shape index (κ2) is 6.58. The van der Waals surface area contributed by atoms with Crippen LogP contribution in [-0.4, -0.2) is 35.1 Å². The lowest BCUT2D eigenvalue weighted by molar-refractivity contribution is -0.138. The van der Waals surface area contributed by atoms with Gasteiger partial charge in [-0.1, -0.05) is 66.7 Å². The zero-order valence-corrected chi connectivity index (χ0v) is 12.4. The smallest absolute Gasteiger partial charge is 0.252 e. The molecule has 3 rings (SSSR count). The van der Waals surface area contributed by atoms with Crippen molar-refractivity contribution in [3.63, 3.8) is 0 Å². The molecule has 2 aromatic rings. The molecule has 3 nitrogen and oxygen atoms in total. The van der Waals surface area contributed by atoms with E-state index in [0.717, 1.165) is 16.7 Å². The summed E-state index contributed by atoms with van der Waals surface area (Å²) < 4.78 is 0. The lowest BCUT2D eigenvalue weighted by atomic mass is 10.1. The third kappa shape index (κ3) is 3.26. The molecular formula is C19H19NO2. The van der Waals surface area contributed by atoms with Crippen molar-refractivity contribution in [2.24, 2.45) is 0 Å². The van der Waals surface area contributed by atoms with Crippen molar-refractivity contribution in [3.05, 3.63) is 77.9 Å². The van der Waals surface area contributed by atoms with Crippen molar-refractivity contribution in [2.45, 2.75) is 12.5 Å². The molecule has 1 heterocycles. The molecule has 2 aromatic carbocycles. The number of rotatable bonds is 4. The summed E-state index contributed by atoms with van der Waals surface area (Å²) in [6, 6.07) is 19.6. The van der Waals surface area contributed by atoms with Crippen molar-refractivity contribution < 1.29 is 9.90 Å². The summed E-state index contributed by atoms with van der Waals surface area (Å²) in [7, 11) is 0. The quantitative estimate of drug-likeness (QED) is 0.941. The highest BCUT2D eigenvalue weighted by Crippen LogP contribution is 2.21. The summed E-state index contributed by atoms with van der Waals surface area (Å²) in [5.74, 6) is -0.203. The molecule has 1 aliphatic heterocycles. The lowest BCUT2D eigenvalue weighted by Gasteiger charge is -2.20. The summed E-state index contributed by atoms with van der Waals surface area (Å²) in [6.45, 7) is 1.13. The highest BCUT2D eigenvalue weighted by molar-refractivity contribution is 5.85. The number of nitrogens with zero attached hydrogens (tertiary/aromatic N) is 1. The Labute approximate surface area is 130 Å². The first-order valence-electron chi connectivity index (χ1n) is 7.49. The van der Waals surface area contributed by atoms with E-state index < -0.39 is 6.10 Å². The first-order valence-corrected chi connectivity index (χ1v) is 7.49. The highest BCUT2D eigenvalue weighted by Gasteiger charge is 2.26. The molecule has 0 spiro atoms. The van der Waals surface area contributed by atoms with Crippen LogP contribution < -0.4 is 0 Å². The summed E-state index contributed by atoms with van der Waals surface area (Å²) in [5.41, 5.74) is 3.25. The summed E-state index contributed by atoms with van der Waals surface area (Å²) in [4.78, 5) is 14.1. The number of hydrogen-bond donors (Lipinski definition) is 1. The zero-order chi connectivity index (χ0) is 15.4. The molecule has 3 heteroatoms. The number of aliphatic hydroxyl groups excluding tert-OH is 1. The summed E-state index contributed by atoms with van der Waals surface area (Å²) >= 11 is 0. The van der Waals surface area contributed by atoms with Crippen LogP contribution in [0.4, 0.5) is 0 Å². The van der Waals surface area contributed by atoms with Gasteiger partial charge in [0.25, 0.3) is 5.91 Å². The fraction of sp³-hybridized carbons (Fsp3) is 0.211. The first kappa shape index (κ1) is 14.5. The molecular weight excluding hydrogens is 274 g/mol. The Morgan fingerprint density at radius 3 is 2.36 bits per heavy atom. The van der Waals surface area contributed by atoms with Gasteiger partial charge in [-0.15, -0.1) is 0 Å². The summed E-state index contributed by atoms with van der Waals surface area (Å²) in [6.07, 6.45) is 1.44. The third-order valence-electron chi connectivity index (χ3n) is 3.93. The average Bonchev–Trinajstić information content (AvgIpc) is 3.06. The van der Waals surface area contributed by atoms with Gasteiger partial charge in [0.15, 0.2) is 0 Å². The van der Waals surface area contributed by atoms with E-state index in [1.165, 1.54) is 0 Å². The fourth-order valence-electron chi connectivity index (χ4n) is 2.72. The second-order valence-electron chi connectivity index (χ2n) is 5.52. The van der Waals surface area contributed by atoms with Crippen LogP contribution in [0.3, 0.4) is 0 Å². The second-order valence-corrected chi connectivity index (χ2v) is 5.52. The first-order chi connectivity index (χ1) is 10.7. The molecule has 0 aromatic heterocycles. The number of amides is 1. The molecule has 112 valence electrons. The normalized spacial score (nSPS) is 15.5. The van der Waals surface area contributed by atoms with Crippen molar-refractivity contribution in [3.8, 4) is 0 Å². The molecule has 0 aliphatic carbocycles. The van der Waals surface area contributed by atoms with Crippen molar-refractivity contribution >= 4 is 11.5 Å². The van der Waals surface area contributed by atoms with Crippen LogP contribution in [-0.2, 0) is 11.2 Å². The Bertz CT molecular complexity index is 664. The lowest BCUT2D eigenvalue weighted by Crippen LogP contribution is -2.38. The molecule has 0 bridgehead atoms. The van der Waals surface area contributed by atoms with Crippen LogP contribution in [0.5, 0.6) is 0 Å². The predicted octanol–water partition coefficient (Wildman–Crippen LogP) is 2.52.